The van der Waals surface area contributed by atoms with E-state index in [1.54, 1.807) is 11.2 Å². The number of aryl methyl sites for hydroxylation is 1. The van der Waals surface area contributed by atoms with Crippen LogP contribution in [-0.2, 0) is 10.0 Å². The molecule has 0 atom stereocenters. The van der Waals surface area contributed by atoms with Crippen molar-refractivity contribution in [3.63, 3.8) is 0 Å². The van der Waals surface area contributed by atoms with E-state index >= 15 is 0 Å². The summed E-state index contributed by atoms with van der Waals surface area (Å²) in [6.45, 7) is 7.65. The van der Waals surface area contributed by atoms with Gasteiger partial charge < -0.3 is 4.90 Å². The summed E-state index contributed by atoms with van der Waals surface area (Å²) in [6.07, 6.45) is 2.50. The Morgan fingerprint density at radius 1 is 1.33 bits per heavy atom. The highest BCUT2D eigenvalue weighted by atomic mass is 32.2. The monoisotopic (exact) mass is 272 g/mol. The van der Waals surface area contributed by atoms with Crippen molar-refractivity contribution in [1.82, 2.24) is 19.4 Å². The molecule has 0 amide bonds. The Labute approximate surface area is 108 Å². The van der Waals surface area contributed by atoms with Crippen molar-refractivity contribution in [3.05, 3.63) is 11.9 Å². The van der Waals surface area contributed by atoms with Gasteiger partial charge in [0.25, 0.3) is 0 Å². The zero-order valence-corrected chi connectivity index (χ0v) is 11.7. The maximum atomic E-state index is 12.4. The maximum absolute atomic E-state index is 12.4. The first-order valence-corrected chi connectivity index (χ1v) is 7.72. The molecule has 1 aliphatic rings. The van der Waals surface area contributed by atoms with Crippen molar-refractivity contribution in [1.29, 1.82) is 0 Å². The minimum Gasteiger partial charge on any atom is -0.301 e. The zero-order valence-electron chi connectivity index (χ0n) is 10.9. The first-order chi connectivity index (χ1) is 8.55. The second kappa shape index (κ2) is 5.38. The molecule has 0 saturated carbocycles. The SMILES string of the molecule is CCCN1CCN(S(=O)(=O)c2cn[nH]c2C)CC1. The van der Waals surface area contributed by atoms with Gasteiger partial charge in [-0.25, -0.2) is 8.42 Å². The number of aromatic nitrogens is 2. The lowest BCUT2D eigenvalue weighted by molar-refractivity contribution is 0.188. The summed E-state index contributed by atoms with van der Waals surface area (Å²) in [7, 11) is -3.37. The van der Waals surface area contributed by atoms with Crippen molar-refractivity contribution in [3.8, 4) is 0 Å². The Kier molecular flexibility index (Phi) is 4.04. The van der Waals surface area contributed by atoms with Gasteiger partial charge in [0, 0.05) is 26.2 Å². The fourth-order valence-corrected chi connectivity index (χ4v) is 3.79. The van der Waals surface area contributed by atoms with Crippen LogP contribution in [-0.4, -0.2) is 60.5 Å². The molecule has 1 saturated heterocycles. The molecule has 0 unspecified atom stereocenters. The smallest absolute Gasteiger partial charge is 0.246 e. The average molecular weight is 272 g/mol. The average Bonchev–Trinajstić information content (AvgIpc) is 2.77. The molecule has 0 bridgehead atoms. The Hall–Kier alpha value is -0.920. The highest BCUT2D eigenvalue weighted by Gasteiger charge is 2.30. The molecule has 0 spiro atoms. The van der Waals surface area contributed by atoms with Gasteiger partial charge in [0.1, 0.15) is 4.90 Å². The minimum atomic E-state index is -3.37. The van der Waals surface area contributed by atoms with Crippen LogP contribution >= 0.6 is 0 Å². The van der Waals surface area contributed by atoms with Gasteiger partial charge >= 0.3 is 0 Å². The molecule has 1 N–H and O–H groups in total. The lowest BCUT2D eigenvalue weighted by Gasteiger charge is -2.33. The first kappa shape index (κ1) is 13.5. The fourth-order valence-electron chi connectivity index (χ4n) is 2.25. The molecule has 1 aromatic rings. The lowest BCUT2D eigenvalue weighted by atomic mass is 10.3. The van der Waals surface area contributed by atoms with E-state index < -0.39 is 10.0 Å². The number of nitrogens with one attached hydrogen (secondary N) is 1. The number of hydrogen-bond acceptors (Lipinski definition) is 4. The van der Waals surface area contributed by atoms with Gasteiger partial charge in [0.2, 0.25) is 10.0 Å². The van der Waals surface area contributed by atoms with Crippen molar-refractivity contribution in [2.24, 2.45) is 0 Å². The van der Waals surface area contributed by atoms with Crippen molar-refractivity contribution in [2.75, 3.05) is 32.7 Å². The molecule has 1 aromatic heterocycles. The van der Waals surface area contributed by atoms with Crippen molar-refractivity contribution >= 4 is 10.0 Å². The molecule has 0 radical (unpaired) electrons. The predicted octanol–water partition coefficient (Wildman–Crippen LogP) is 0.434. The normalized spacial score (nSPS) is 19.2. The molecule has 7 heteroatoms. The zero-order chi connectivity index (χ0) is 13.2. The summed E-state index contributed by atoms with van der Waals surface area (Å²) in [4.78, 5) is 2.60. The van der Waals surface area contributed by atoms with E-state index in [0.717, 1.165) is 26.1 Å². The molecule has 6 nitrogen and oxygen atoms in total. The number of rotatable bonds is 4. The summed E-state index contributed by atoms with van der Waals surface area (Å²) in [5, 5.41) is 6.46. The van der Waals surface area contributed by atoms with Crippen molar-refractivity contribution in [2.45, 2.75) is 25.2 Å². The summed E-state index contributed by atoms with van der Waals surface area (Å²) < 4.78 is 26.3. The molecular formula is C11H20N4O2S. The van der Waals surface area contributed by atoms with Crippen LogP contribution in [0.2, 0.25) is 0 Å². The molecule has 102 valence electrons. The molecule has 2 heterocycles. The van der Waals surface area contributed by atoms with Gasteiger partial charge in [-0.3, -0.25) is 5.10 Å². The standard InChI is InChI=1S/C11H20N4O2S/c1-3-4-14-5-7-15(8-6-14)18(16,17)11-9-12-13-10(11)2/h9H,3-8H2,1-2H3,(H,12,13). The largest absolute Gasteiger partial charge is 0.301 e. The van der Waals surface area contributed by atoms with Gasteiger partial charge in [0.15, 0.2) is 0 Å². The van der Waals surface area contributed by atoms with Crippen LogP contribution in [0.3, 0.4) is 0 Å². The van der Waals surface area contributed by atoms with E-state index in [1.807, 2.05) is 0 Å². The quantitative estimate of drug-likeness (QED) is 0.863. The van der Waals surface area contributed by atoms with Gasteiger partial charge in [-0.2, -0.15) is 9.40 Å². The lowest BCUT2D eigenvalue weighted by Crippen LogP contribution is -2.48. The number of H-pyrrole nitrogens is 1. The van der Waals surface area contributed by atoms with Crippen LogP contribution < -0.4 is 0 Å². The van der Waals surface area contributed by atoms with E-state index in [1.165, 1.54) is 6.20 Å². The minimum absolute atomic E-state index is 0.298. The van der Waals surface area contributed by atoms with Crippen LogP contribution in [0.25, 0.3) is 0 Å². The third-order valence-corrected chi connectivity index (χ3v) is 5.28. The van der Waals surface area contributed by atoms with E-state index in [2.05, 4.69) is 22.0 Å². The maximum Gasteiger partial charge on any atom is 0.246 e. The molecule has 0 aromatic carbocycles. The molecule has 18 heavy (non-hydrogen) atoms. The van der Waals surface area contributed by atoms with E-state index in [4.69, 9.17) is 0 Å². The molecule has 2 rings (SSSR count). The Morgan fingerprint density at radius 2 is 2.00 bits per heavy atom. The third kappa shape index (κ3) is 2.57. The number of piperazine rings is 1. The van der Waals surface area contributed by atoms with Crippen LogP contribution in [0.5, 0.6) is 0 Å². The Morgan fingerprint density at radius 3 is 2.50 bits per heavy atom. The van der Waals surface area contributed by atoms with Gasteiger partial charge in [-0.15, -0.1) is 0 Å². The summed E-state index contributed by atoms with van der Waals surface area (Å²) in [5.74, 6) is 0. The van der Waals surface area contributed by atoms with E-state index in [9.17, 15) is 8.42 Å². The predicted molar refractivity (Wildman–Crippen MR) is 68.8 cm³/mol. The topological polar surface area (TPSA) is 69.3 Å². The van der Waals surface area contributed by atoms with Crippen LogP contribution in [0.4, 0.5) is 0 Å². The van der Waals surface area contributed by atoms with E-state index in [-0.39, 0.29) is 0 Å². The third-order valence-electron chi connectivity index (χ3n) is 3.27. The molecule has 1 aliphatic heterocycles. The number of aromatic amines is 1. The number of hydrogen-bond donors (Lipinski definition) is 1. The van der Waals surface area contributed by atoms with Crippen LogP contribution in [0, 0.1) is 6.92 Å². The van der Waals surface area contributed by atoms with E-state index in [0.29, 0.717) is 23.7 Å². The Balaban J connectivity index is 2.08. The first-order valence-electron chi connectivity index (χ1n) is 6.28. The van der Waals surface area contributed by atoms with Gasteiger partial charge in [0.05, 0.1) is 11.9 Å². The highest BCUT2D eigenvalue weighted by molar-refractivity contribution is 7.89. The molecule has 0 aliphatic carbocycles. The molecule has 1 fully saturated rings. The molecular weight excluding hydrogens is 252 g/mol. The fraction of sp³-hybridized carbons (Fsp3) is 0.727. The highest BCUT2D eigenvalue weighted by Crippen LogP contribution is 2.19. The van der Waals surface area contributed by atoms with Crippen molar-refractivity contribution < 1.29 is 8.42 Å². The number of sulfonamides is 1. The van der Waals surface area contributed by atoms with Gasteiger partial charge in [-0.1, -0.05) is 6.92 Å². The second-order valence-electron chi connectivity index (χ2n) is 4.60. The Bertz CT molecular complexity index is 489. The van der Waals surface area contributed by atoms with Crippen LogP contribution in [0.15, 0.2) is 11.1 Å². The second-order valence-corrected chi connectivity index (χ2v) is 6.51. The summed E-state index contributed by atoms with van der Waals surface area (Å²) in [5.41, 5.74) is 0.603. The summed E-state index contributed by atoms with van der Waals surface area (Å²) in [6, 6.07) is 0. The van der Waals surface area contributed by atoms with Crippen LogP contribution in [0.1, 0.15) is 19.0 Å². The van der Waals surface area contributed by atoms with Gasteiger partial charge in [-0.05, 0) is 19.9 Å². The summed E-state index contributed by atoms with van der Waals surface area (Å²) >= 11 is 0. The number of nitrogens with zero attached hydrogens (tertiary/aromatic N) is 3.